The van der Waals surface area contributed by atoms with E-state index in [1.54, 1.807) is 0 Å². The Hall–Kier alpha value is -2.04. The summed E-state index contributed by atoms with van der Waals surface area (Å²) in [6.45, 7) is 0. The topological polar surface area (TPSA) is 86.2 Å². The molecule has 1 aromatic carbocycles. The zero-order valence-corrected chi connectivity index (χ0v) is 6.64. The van der Waals surface area contributed by atoms with Gasteiger partial charge in [-0.05, 0) is 6.07 Å². The Labute approximate surface area is 73.6 Å². The van der Waals surface area contributed by atoms with E-state index in [-0.39, 0.29) is 0 Å². The molecule has 1 aromatic heterocycles. The first-order chi connectivity index (χ1) is 6.20. The predicted molar refractivity (Wildman–Crippen MR) is 46.7 cm³/mol. The predicted octanol–water partition coefficient (Wildman–Crippen LogP) is 1.79. The van der Waals surface area contributed by atoms with Crippen LogP contribution < -0.4 is 0 Å². The largest absolute Gasteiger partial charge is 0.503 e. The molecule has 2 rings (SSSR count). The van der Waals surface area contributed by atoms with Gasteiger partial charge in [0.25, 0.3) is 0 Å². The molecule has 3 N–H and O–H groups in total. The van der Waals surface area contributed by atoms with E-state index in [0.29, 0.717) is 0 Å². The molecule has 0 fully saturated rings. The molecule has 68 valence electrons. The molecule has 0 saturated carbocycles. The van der Waals surface area contributed by atoms with Crippen molar-refractivity contribution in [2.24, 2.45) is 0 Å². The Morgan fingerprint density at radius 2 is 1.92 bits per heavy atom. The van der Waals surface area contributed by atoms with E-state index >= 15 is 0 Å². The van der Waals surface area contributed by atoms with E-state index < -0.39 is 6.16 Å². The Balaban J connectivity index is 0.000000184. The SMILES string of the molecule is O=C(O)O.c1ccc2[nH]ncc2c1. The van der Waals surface area contributed by atoms with Crippen LogP contribution in [0.15, 0.2) is 30.5 Å². The number of H-pyrrole nitrogens is 1. The number of carboxylic acid groups (broad SMARTS) is 2. The Morgan fingerprint density at radius 3 is 2.54 bits per heavy atom. The standard InChI is InChI=1S/C7H6N2.CH2O3/c1-2-4-7-6(3-1)5-8-9-7;2-1(3)4/h1-5H,(H,8,9);(H2,2,3,4). The summed E-state index contributed by atoms with van der Waals surface area (Å²) in [7, 11) is 0. The van der Waals surface area contributed by atoms with Crippen molar-refractivity contribution >= 4 is 17.1 Å². The first-order valence-corrected chi connectivity index (χ1v) is 3.50. The Morgan fingerprint density at radius 1 is 1.31 bits per heavy atom. The average molecular weight is 180 g/mol. The van der Waals surface area contributed by atoms with Crippen LogP contribution in [0.3, 0.4) is 0 Å². The molecule has 0 aliphatic rings. The third-order valence-corrected chi connectivity index (χ3v) is 1.35. The second-order valence-corrected chi connectivity index (χ2v) is 2.24. The van der Waals surface area contributed by atoms with Crippen LogP contribution in [0.1, 0.15) is 0 Å². The second-order valence-electron chi connectivity index (χ2n) is 2.24. The van der Waals surface area contributed by atoms with E-state index in [0.717, 1.165) is 10.9 Å². The van der Waals surface area contributed by atoms with Gasteiger partial charge in [0.1, 0.15) is 0 Å². The molecule has 2 aromatic rings. The van der Waals surface area contributed by atoms with Crippen LogP contribution in [0, 0.1) is 0 Å². The summed E-state index contributed by atoms with van der Waals surface area (Å²) in [6.07, 6.45) is -0.0185. The number of aromatic amines is 1. The minimum absolute atomic E-state index is 1.09. The summed E-state index contributed by atoms with van der Waals surface area (Å²) >= 11 is 0. The number of nitrogens with zero attached hydrogens (tertiary/aromatic N) is 1. The minimum Gasteiger partial charge on any atom is -0.450 e. The van der Waals surface area contributed by atoms with Gasteiger partial charge < -0.3 is 10.2 Å². The fraction of sp³-hybridized carbons (Fsp3) is 0. The number of para-hydroxylation sites is 1. The lowest BCUT2D eigenvalue weighted by Crippen LogP contribution is -1.81. The number of hydrogen-bond donors (Lipinski definition) is 3. The monoisotopic (exact) mass is 180 g/mol. The van der Waals surface area contributed by atoms with Crippen molar-refractivity contribution in [2.45, 2.75) is 0 Å². The molecule has 0 saturated heterocycles. The van der Waals surface area contributed by atoms with Crippen LogP contribution >= 0.6 is 0 Å². The van der Waals surface area contributed by atoms with Gasteiger partial charge in [0, 0.05) is 5.39 Å². The van der Waals surface area contributed by atoms with Gasteiger partial charge in [-0.3, -0.25) is 5.10 Å². The second kappa shape index (κ2) is 4.10. The maximum atomic E-state index is 8.56. The van der Waals surface area contributed by atoms with Gasteiger partial charge in [-0.15, -0.1) is 0 Å². The normalized spacial score (nSPS) is 8.92. The number of rotatable bonds is 0. The summed E-state index contributed by atoms with van der Waals surface area (Å²) in [5, 5.41) is 21.9. The molecule has 0 aliphatic carbocycles. The summed E-state index contributed by atoms with van der Waals surface area (Å²) < 4.78 is 0. The highest BCUT2D eigenvalue weighted by Gasteiger charge is 1.88. The van der Waals surface area contributed by atoms with E-state index in [1.165, 1.54) is 0 Å². The first kappa shape index (κ1) is 9.05. The van der Waals surface area contributed by atoms with Crippen molar-refractivity contribution < 1.29 is 15.0 Å². The molecule has 5 heteroatoms. The minimum atomic E-state index is -1.83. The molecule has 0 radical (unpaired) electrons. The van der Waals surface area contributed by atoms with Gasteiger partial charge in [0.2, 0.25) is 0 Å². The zero-order chi connectivity index (χ0) is 9.68. The Bertz CT molecular complexity index is 363. The van der Waals surface area contributed by atoms with Crippen LogP contribution in [-0.2, 0) is 0 Å². The number of benzene rings is 1. The first-order valence-electron chi connectivity index (χ1n) is 3.50. The molecular formula is C8H8N2O3. The van der Waals surface area contributed by atoms with Gasteiger partial charge in [0.15, 0.2) is 0 Å². The van der Waals surface area contributed by atoms with E-state index in [2.05, 4.69) is 10.2 Å². The van der Waals surface area contributed by atoms with E-state index in [1.807, 2.05) is 30.5 Å². The van der Waals surface area contributed by atoms with Gasteiger partial charge >= 0.3 is 6.16 Å². The average Bonchev–Trinajstić information content (AvgIpc) is 2.49. The fourth-order valence-electron chi connectivity index (χ4n) is 0.883. The van der Waals surface area contributed by atoms with Crippen LogP contribution in [-0.4, -0.2) is 26.6 Å². The maximum Gasteiger partial charge on any atom is 0.503 e. The van der Waals surface area contributed by atoms with E-state index in [9.17, 15) is 0 Å². The van der Waals surface area contributed by atoms with Gasteiger partial charge in [0.05, 0.1) is 11.7 Å². The number of fused-ring (bicyclic) bond motifs is 1. The third kappa shape index (κ3) is 2.82. The number of carbonyl (C=O) groups is 1. The van der Waals surface area contributed by atoms with E-state index in [4.69, 9.17) is 15.0 Å². The van der Waals surface area contributed by atoms with Crippen molar-refractivity contribution in [3.63, 3.8) is 0 Å². The molecule has 5 nitrogen and oxygen atoms in total. The van der Waals surface area contributed by atoms with Crippen LogP contribution in [0.4, 0.5) is 4.79 Å². The van der Waals surface area contributed by atoms with Gasteiger partial charge in [-0.25, -0.2) is 4.79 Å². The van der Waals surface area contributed by atoms with Crippen molar-refractivity contribution in [1.29, 1.82) is 0 Å². The third-order valence-electron chi connectivity index (χ3n) is 1.35. The van der Waals surface area contributed by atoms with Gasteiger partial charge in [-0.1, -0.05) is 18.2 Å². The van der Waals surface area contributed by atoms with Crippen LogP contribution in [0.5, 0.6) is 0 Å². The number of nitrogens with one attached hydrogen (secondary N) is 1. The summed E-state index contributed by atoms with van der Waals surface area (Å²) in [5.41, 5.74) is 1.09. The van der Waals surface area contributed by atoms with Crippen molar-refractivity contribution in [3.8, 4) is 0 Å². The molecule has 0 atom stereocenters. The number of hydrogen-bond acceptors (Lipinski definition) is 2. The number of aromatic nitrogens is 2. The van der Waals surface area contributed by atoms with Gasteiger partial charge in [-0.2, -0.15) is 5.10 Å². The highest BCUT2D eigenvalue weighted by Crippen LogP contribution is 2.06. The highest BCUT2D eigenvalue weighted by atomic mass is 16.6. The molecule has 0 unspecified atom stereocenters. The summed E-state index contributed by atoms with van der Waals surface area (Å²) in [4.78, 5) is 8.56. The maximum absolute atomic E-state index is 8.56. The lowest BCUT2D eigenvalue weighted by Gasteiger charge is -1.81. The quantitative estimate of drug-likeness (QED) is 0.576. The van der Waals surface area contributed by atoms with Crippen LogP contribution in [0.2, 0.25) is 0 Å². The lowest BCUT2D eigenvalue weighted by atomic mass is 10.3. The molecule has 13 heavy (non-hydrogen) atoms. The molecule has 0 amide bonds. The summed E-state index contributed by atoms with van der Waals surface area (Å²) in [6, 6.07) is 8.01. The molecule has 1 heterocycles. The van der Waals surface area contributed by atoms with Crippen LogP contribution in [0.25, 0.3) is 10.9 Å². The summed E-state index contributed by atoms with van der Waals surface area (Å²) in [5.74, 6) is 0. The molecule has 0 bridgehead atoms. The van der Waals surface area contributed by atoms with Crippen molar-refractivity contribution in [3.05, 3.63) is 30.5 Å². The molecule has 0 aliphatic heterocycles. The Kier molecular flexibility index (Phi) is 2.86. The van der Waals surface area contributed by atoms with Crippen molar-refractivity contribution in [1.82, 2.24) is 10.2 Å². The zero-order valence-electron chi connectivity index (χ0n) is 6.64. The molecular weight excluding hydrogens is 172 g/mol. The smallest absolute Gasteiger partial charge is 0.450 e. The van der Waals surface area contributed by atoms with Crippen molar-refractivity contribution in [2.75, 3.05) is 0 Å². The highest BCUT2D eigenvalue weighted by molar-refractivity contribution is 5.77. The molecule has 0 spiro atoms. The lowest BCUT2D eigenvalue weighted by molar-refractivity contribution is 0.137. The fourth-order valence-corrected chi connectivity index (χ4v) is 0.883.